The van der Waals surface area contributed by atoms with Crippen LogP contribution in [0.3, 0.4) is 0 Å². The van der Waals surface area contributed by atoms with E-state index in [4.69, 9.17) is 5.11 Å². The van der Waals surface area contributed by atoms with Gasteiger partial charge in [0.2, 0.25) is 5.91 Å². The van der Waals surface area contributed by atoms with Gasteiger partial charge in [-0.15, -0.1) is 11.3 Å². The molecule has 1 aromatic rings. The molecule has 0 bridgehead atoms. The van der Waals surface area contributed by atoms with Crippen LogP contribution < -0.4 is 0 Å². The molecule has 19 heavy (non-hydrogen) atoms. The van der Waals surface area contributed by atoms with E-state index in [1.54, 1.807) is 28.2 Å². The highest BCUT2D eigenvalue weighted by Gasteiger charge is 2.32. The van der Waals surface area contributed by atoms with Crippen LogP contribution >= 0.6 is 11.3 Å². The molecule has 1 aromatic heterocycles. The smallest absolute Gasteiger partial charge is 0.320 e. The molecule has 6 heteroatoms. The molecule has 0 spiro atoms. The van der Waals surface area contributed by atoms with Crippen molar-refractivity contribution in [3.63, 3.8) is 0 Å². The summed E-state index contributed by atoms with van der Waals surface area (Å²) >= 11 is 1.62. The van der Waals surface area contributed by atoms with Gasteiger partial charge in [-0.2, -0.15) is 0 Å². The van der Waals surface area contributed by atoms with E-state index < -0.39 is 12.0 Å². The SMILES string of the molecule is CN(Cc1cccs1)C(=O)CN1CCC[C@H]1C(=O)O. The predicted molar refractivity (Wildman–Crippen MR) is 73.0 cm³/mol. The van der Waals surface area contributed by atoms with Crippen LogP contribution in [0.5, 0.6) is 0 Å². The van der Waals surface area contributed by atoms with Gasteiger partial charge in [-0.1, -0.05) is 6.07 Å². The monoisotopic (exact) mass is 282 g/mol. The second-order valence-electron chi connectivity index (χ2n) is 4.80. The van der Waals surface area contributed by atoms with Crippen LogP contribution in [0.1, 0.15) is 17.7 Å². The lowest BCUT2D eigenvalue weighted by Crippen LogP contribution is -2.43. The Morgan fingerprint density at radius 1 is 1.58 bits per heavy atom. The Hall–Kier alpha value is -1.40. The largest absolute Gasteiger partial charge is 0.480 e. The molecule has 1 aliphatic rings. The molecule has 0 saturated carbocycles. The highest BCUT2D eigenvalue weighted by molar-refractivity contribution is 7.09. The highest BCUT2D eigenvalue weighted by atomic mass is 32.1. The molecule has 1 saturated heterocycles. The molecule has 0 unspecified atom stereocenters. The number of thiophene rings is 1. The zero-order chi connectivity index (χ0) is 13.8. The first-order valence-corrected chi connectivity index (χ1v) is 7.19. The molecular formula is C13H18N2O3S. The van der Waals surface area contributed by atoms with Crippen molar-refractivity contribution in [2.45, 2.75) is 25.4 Å². The Bertz CT molecular complexity index is 447. The first-order valence-electron chi connectivity index (χ1n) is 6.31. The zero-order valence-corrected chi connectivity index (χ0v) is 11.7. The Kier molecular flexibility index (Phi) is 4.55. The van der Waals surface area contributed by atoms with Gasteiger partial charge in [-0.25, -0.2) is 0 Å². The summed E-state index contributed by atoms with van der Waals surface area (Å²) in [6, 6.07) is 3.45. The molecule has 1 aliphatic heterocycles. The standard InChI is InChI=1S/C13H18N2O3S/c1-14(8-10-4-3-7-19-10)12(16)9-15-6-2-5-11(15)13(17)18/h3-4,7,11H,2,5-6,8-9H2,1H3,(H,17,18)/t11-/m0/s1. The number of carbonyl (C=O) groups is 2. The number of hydrogen-bond acceptors (Lipinski definition) is 4. The van der Waals surface area contributed by atoms with E-state index in [1.165, 1.54) is 0 Å². The third kappa shape index (κ3) is 3.54. The quantitative estimate of drug-likeness (QED) is 0.883. The molecule has 1 fully saturated rings. The lowest BCUT2D eigenvalue weighted by atomic mass is 10.2. The normalized spacial score (nSPS) is 19.5. The molecular weight excluding hydrogens is 264 g/mol. The minimum atomic E-state index is -0.828. The van der Waals surface area contributed by atoms with Crippen LogP contribution in [-0.2, 0) is 16.1 Å². The number of aliphatic carboxylic acids is 1. The first kappa shape index (κ1) is 14.0. The number of rotatable bonds is 5. The number of amides is 1. The van der Waals surface area contributed by atoms with Crippen molar-refractivity contribution >= 4 is 23.2 Å². The number of likely N-dealkylation sites (tertiary alicyclic amines) is 1. The predicted octanol–water partition coefficient (Wildman–Crippen LogP) is 1.26. The number of carboxylic acid groups (broad SMARTS) is 1. The lowest BCUT2D eigenvalue weighted by Gasteiger charge is -2.24. The fourth-order valence-electron chi connectivity index (χ4n) is 2.31. The lowest BCUT2D eigenvalue weighted by molar-refractivity contribution is -0.143. The van der Waals surface area contributed by atoms with E-state index in [0.717, 1.165) is 11.3 Å². The number of carbonyl (C=O) groups excluding carboxylic acids is 1. The molecule has 1 atom stereocenters. The van der Waals surface area contributed by atoms with Crippen molar-refractivity contribution in [2.24, 2.45) is 0 Å². The second-order valence-corrected chi connectivity index (χ2v) is 5.83. The van der Waals surface area contributed by atoms with Crippen LogP contribution in [0.2, 0.25) is 0 Å². The van der Waals surface area contributed by atoms with E-state index in [2.05, 4.69) is 0 Å². The maximum absolute atomic E-state index is 12.1. The Balaban J connectivity index is 1.88. The van der Waals surface area contributed by atoms with Crippen LogP contribution in [0.25, 0.3) is 0 Å². The Morgan fingerprint density at radius 3 is 3.00 bits per heavy atom. The van der Waals surface area contributed by atoms with Crippen LogP contribution in [0.4, 0.5) is 0 Å². The summed E-state index contributed by atoms with van der Waals surface area (Å²) in [5, 5.41) is 11.1. The van der Waals surface area contributed by atoms with Crippen molar-refractivity contribution in [3.05, 3.63) is 22.4 Å². The van der Waals surface area contributed by atoms with E-state index in [-0.39, 0.29) is 12.5 Å². The minimum absolute atomic E-state index is 0.0263. The third-order valence-corrected chi connectivity index (χ3v) is 4.25. The summed E-state index contributed by atoms with van der Waals surface area (Å²) in [6.45, 7) is 1.47. The fourth-order valence-corrected chi connectivity index (χ4v) is 3.07. The molecule has 5 nitrogen and oxygen atoms in total. The summed E-state index contributed by atoms with van der Waals surface area (Å²) in [5.74, 6) is -0.854. The van der Waals surface area contributed by atoms with Crippen molar-refractivity contribution in [1.29, 1.82) is 0 Å². The number of carboxylic acids is 1. The van der Waals surface area contributed by atoms with Gasteiger partial charge in [0.05, 0.1) is 13.1 Å². The topological polar surface area (TPSA) is 60.9 Å². The Labute approximate surface area is 116 Å². The first-order chi connectivity index (χ1) is 9.08. The van der Waals surface area contributed by atoms with Crippen LogP contribution in [0, 0.1) is 0 Å². The van der Waals surface area contributed by atoms with Crippen molar-refractivity contribution in [1.82, 2.24) is 9.80 Å². The van der Waals surface area contributed by atoms with Crippen molar-refractivity contribution < 1.29 is 14.7 Å². The number of likely N-dealkylation sites (N-methyl/N-ethyl adjacent to an activating group) is 1. The molecule has 104 valence electrons. The molecule has 0 radical (unpaired) electrons. The van der Waals surface area contributed by atoms with Gasteiger partial charge in [-0.3, -0.25) is 14.5 Å². The van der Waals surface area contributed by atoms with E-state index in [0.29, 0.717) is 19.5 Å². The Morgan fingerprint density at radius 2 is 2.37 bits per heavy atom. The number of hydrogen-bond donors (Lipinski definition) is 1. The van der Waals surface area contributed by atoms with Gasteiger partial charge in [-0.05, 0) is 30.8 Å². The van der Waals surface area contributed by atoms with Crippen LogP contribution in [0.15, 0.2) is 17.5 Å². The van der Waals surface area contributed by atoms with Crippen molar-refractivity contribution in [3.8, 4) is 0 Å². The summed E-state index contributed by atoms with van der Waals surface area (Å²) in [4.78, 5) is 27.7. The summed E-state index contributed by atoms with van der Waals surface area (Å²) in [5.41, 5.74) is 0. The molecule has 0 aromatic carbocycles. The van der Waals surface area contributed by atoms with Gasteiger partial charge in [0.1, 0.15) is 6.04 Å². The highest BCUT2D eigenvalue weighted by Crippen LogP contribution is 2.17. The molecule has 1 amide bonds. The maximum Gasteiger partial charge on any atom is 0.320 e. The van der Waals surface area contributed by atoms with Crippen LogP contribution in [-0.4, -0.2) is 53.0 Å². The van der Waals surface area contributed by atoms with Gasteiger partial charge in [0, 0.05) is 11.9 Å². The van der Waals surface area contributed by atoms with E-state index in [9.17, 15) is 9.59 Å². The average Bonchev–Trinajstić information content (AvgIpc) is 2.99. The molecule has 0 aliphatic carbocycles. The summed E-state index contributed by atoms with van der Waals surface area (Å²) < 4.78 is 0. The fraction of sp³-hybridized carbons (Fsp3) is 0.538. The third-order valence-electron chi connectivity index (χ3n) is 3.39. The summed E-state index contributed by atoms with van der Waals surface area (Å²) in [7, 11) is 1.76. The van der Waals surface area contributed by atoms with Gasteiger partial charge >= 0.3 is 5.97 Å². The van der Waals surface area contributed by atoms with Gasteiger partial charge in [0.15, 0.2) is 0 Å². The summed E-state index contributed by atoms with van der Waals surface area (Å²) in [6.07, 6.45) is 1.48. The molecule has 2 heterocycles. The molecule has 1 N–H and O–H groups in total. The van der Waals surface area contributed by atoms with Crippen molar-refractivity contribution in [2.75, 3.05) is 20.1 Å². The minimum Gasteiger partial charge on any atom is -0.480 e. The average molecular weight is 282 g/mol. The molecule has 2 rings (SSSR count). The number of nitrogens with zero attached hydrogens (tertiary/aromatic N) is 2. The zero-order valence-electron chi connectivity index (χ0n) is 10.9. The van der Waals surface area contributed by atoms with E-state index >= 15 is 0 Å². The maximum atomic E-state index is 12.1. The van der Waals surface area contributed by atoms with Gasteiger partial charge < -0.3 is 10.0 Å². The van der Waals surface area contributed by atoms with Gasteiger partial charge in [0.25, 0.3) is 0 Å². The van der Waals surface area contributed by atoms with E-state index in [1.807, 2.05) is 17.5 Å². The second kappa shape index (κ2) is 6.16.